The first-order valence-corrected chi connectivity index (χ1v) is 47.2. The van der Waals surface area contributed by atoms with Crippen LogP contribution in [0.5, 0.6) is 0 Å². The third-order valence-corrected chi connectivity index (χ3v) is 19.3. The number of carboxylic acid groups (broad SMARTS) is 9. The van der Waals surface area contributed by atoms with Crippen molar-refractivity contribution in [3.63, 3.8) is 0 Å². The number of esters is 2. The van der Waals surface area contributed by atoms with Crippen LogP contribution in [0, 0.1) is 16.2 Å². The number of amides is 5. The first kappa shape index (κ1) is 154. The van der Waals surface area contributed by atoms with E-state index in [2.05, 4.69) is 10.1 Å². The molecule has 0 spiro atoms. The second-order valence-corrected chi connectivity index (χ2v) is 32.5. The number of aliphatic carboxylic acids is 9. The van der Waals surface area contributed by atoms with Crippen molar-refractivity contribution in [2.45, 2.75) is 143 Å². The van der Waals surface area contributed by atoms with E-state index in [0.29, 0.717) is 209 Å². The molecular formula is C94H181N7O45. The highest BCUT2D eigenvalue weighted by Crippen LogP contribution is 2.22. The molecule has 52 nitrogen and oxygen atoms in total. The van der Waals surface area contributed by atoms with Crippen molar-refractivity contribution in [2.24, 2.45) is 16.2 Å². The van der Waals surface area contributed by atoms with E-state index in [4.69, 9.17) is 136 Å². The number of hydrogen-bond acceptors (Lipinski definition) is 38. The molecule has 0 aromatic carbocycles. The number of ether oxygens (including phenoxy) is 20. The van der Waals surface area contributed by atoms with Gasteiger partial charge in [0.1, 0.15) is 17.4 Å². The van der Waals surface area contributed by atoms with Gasteiger partial charge in [0.25, 0.3) is 0 Å². The number of carbonyl (C=O) groups is 16. The van der Waals surface area contributed by atoms with Gasteiger partial charge in [0, 0.05) is 264 Å². The molecule has 0 atom stereocenters. The summed E-state index contributed by atoms with van der Waals surface area (Å²) in [5.41, 5.74) is -2.64. The summed E-state index contributed by atoms with van der Waals surface area (Å²) >= 11 is 0. The van der Waals surface area contributed by atoms with Gasteiger partial charge in [-0.05, 0) is 72.1 Å². The standard InChI is InChI=1S/C13H25NO5.C13H24O6.C12H23NO5.C11H21NO5.C10H19NO5.C9H17NO5.C9H19NO4.C9H16O6.C8H17NO4/c1-18-10-8-14(9-11-19-2)12(15)6-4-3-5-7-13(16)17;1-13(9-17-2,10-18-3)12(16)19-8-6-4-5-7-11(14)15;1-17-9-7-13(8-10-18-2)11(14)5-3-4-6-12(15)16;1-16-8-6-12(7-9-17-2)10(13)4-3-5-11(14)15;1-15-7-5-11(6-8-16-2)9(12)3-4-10(13)14;1-9(5-14-2,6-15-3)8(13)10-4-7(11)12;1-13-7-5-10(6-8-14-2)4-3-9(11)12;1-9(5-13-2,6-14-3)8(12)15-4-7(10)11;1-12-5-3-9(4-6-13-2)7-8(10)11/h3-11H2,1-2H3,(H,16,17);4-10H2,1-3H3,(H,14,15);3-10H2,1-2H3,(H,15,16);3-9H2,1-2H3,(H,14,15);3-8H2,1-2H3,(H,13,14);4-6H2,1-3H3,(H,10,13)(H,11,12);3-8H2,1-2H3,(H,11,12);4-6H2,1-3H3,(H,10,11);3-7H2,1-2H3,(H,10,11). The lowest BCUT2D eigenvalue weighted by Gasteiger charge is -2.26. The van der Waals surface area contributed by atoms with E-state index in [1.165, 1.54) is 42.7 Å². The lowest BCUT2D eigenvalue weighted by atomic mass is 9.91. The van der Waals surface area contributed by atoms with Gasteiger partial charge in [0.2, 0.25) is 29.5 Å². The molecule has 0 saturated carbocycles. The van der Waals surface area contributed by atoms with E-state index in [1.807, 2.05) is 4.90 Å². The third-order valence-electron chi connectivity index (χ3n) is 19.3. The van der Waals surface area contributed by atoms with Crippen LogP contribution in [-0.4, -0.2) is 529 Å². The van der Waals surface area contributed by atoms with Crippen LogP contribution in [0.3, 0.4) is 0 Å². The Balaban J connectivity index is -0.000000207. The van der Waals surface area contributed by atoms with Crippen LogP contribution in [0.1, 0.15) is 143 Å². The van der Waals surface area contributed by atoms with Crippen LogP contribution in [0.4, 0.5) is 0 Å². The van der Waals surface area contributed by atoms with Gasteiger partial charge in [0.15, 0.2) is 6.61 Å². The normalized spacial score (nSPS) is 10.7. The average Bonchev–Trinajstić information content (AvgIpc) is 0.867. The molecule has 0 heterocycles. The van der Waals surface area contributed by atoms with E-state index in [1.54, 1.807) is 131 Å². The smallest absolute Gasteiger partial charge is 0.341 e. The SMILES string of the molecule is COCC(C)(COC)C(=O)NCC(=O)O.COCC(C)(COC)C(=O)OCC(=O)O.COCC(C)(COC)C(=O)OCCCCCC(=O)O.COCCN(CCOC)C(=O)CCC(=O)O.COCCN(CCOC)C(=O)CCCC(=O)O.COCCN(CCOC)C(=O)CCCCC(=O)O.COCCN(CCOC)C(=O)CCCCCC(=O)O.COCCN(CCOC)CC(=O)O.COCCN(CCOC)CCC(=O)O. The van der Waals surface area contributed by atoms with Crippen LogP contribution in [0.15, 0.2) is 0 Å². The predicted molar refractivity (Wildman–Crippen MR) is 529 cm³/mol. The Morgan fingerprint density at radius 1 is 0.212 bits per heavy atom. The van der Waals surface area contributed by atoms with Gasteiger partial charge in [-0.15, -0.1) is 0 Å². The zero-order valence-corrected chi connectivity index (χ0v) is 90.6. The second-order valence-electron chi connectivity index (χ2n) is 32.5. The van der Waals surface area contributed by atoms with Gasteiger partial charge >= 0.3 is 65.7 Å². The third kappa shape index (κ3) is 106. The fourth-order valence-electron chi connectivity index (χ4n) is 11.5. The number of nitrogens with one attached hydrogen (secondary N) is 1. The van der Waals surface area contributed by atoms with Crippen molar-refractivity contribution in [2.75, 3.05) is 358 Å². The summed E-state index contributed by atoms with van der Waals surface area (Å²) in [6.45, 7) is 18.8. The maximum absolute atomic E-state index is 12.0. The molecule has 10 N–H and O–H groups in total. The van der Waals surface area contributed by atoms with Gasteiger partial charge in [0.05, 0.1) is 150 Å². The van der Waals surface area contributed by atoms with Gasteiger partial charge in [-0.2, -0.15) is 0 Å². The highest BCUT2D eigenvalue weighted by Gasteiger charge is 2.37. The highest BCUT2D eigenvalue weighted by molar-refractivity contribution is 5.86. The molecule has 0 aromatic rings. The molecule has 0 bridgehead atoms. The number of rotatable bonds is 84. The van der Waals surface area contributed by atoms with Crippen molar-refractivity contribution in [1.82, 2.24) is 34.7 Å². The molecule has 0 aliphatic rings. The van der Waals surface area contributed by atoms with E-state index >= 15 is 0 Å². The lowest BCUT2D eigenvalue weighted by Crippen LogP contribution is -2.46. The topological polar surface area (TPSA) is 671 Å². The van der Waals surface area contributed by atoms with E-state index in [0.717, 1.165) is 32.4 Å². The van der Waals surface area contributed by atoms with Gasteiger partial charge in [-0.3, -0.25) is 81.7 Å². The molecular weight excluding hydrogens is 1950 g/mol. The molecule has 0 radical (unpaired) electrons. The fourth-order valence-corrected chi connectivity index (χ4v) is 11.5. The molecule has 0 aliphatic heterocycles. The molecule has 0 rings (SSSR count). The number of nitrogens with zero attached hydrogens (tertiary/aromatic N) is 6. The largest absolute Gasteiger partial charge is 0.481 e. The Kier molecular flexibility index (Phi) is 116. The average molecular weight is 2130 g/mol. The molecule has 0 saturated heterocycles. The summed E-state index contributed by atoms with van der Waals surface area (Å²) in [5.74, 6) is -9.66. The monoisotopic (exact) mass is 2130 g/mol. The molecule has 0 fully saturated rings. The van der Waals surface area contributed by atoms with Crippen LogP contribution in [0.25, 0.3) is 0 Å². The summed E-state index contributed by atoms with van der Waals surface area (Å²) < 4.78 is 98.3. The van der Waals surface area contributed by atoms with Crippen LogP contribution < -0.4 is 5.32 Å². The molecule has 0 aliphatic carbocycles. The summed E-state index contributed by atoms with van der Waals surface area (Å²) in [4.78, 5) is 185. The maximum Gasteiger partial charge on any atom is 0.341 e. The van der Waals surface area contributed by atoms with E-state index < -0.39 is 95.0 Å². The Morgan fingerprint density at radius 3 is 0.726 bits per heavy atom. The van der Waals surface area contributed by atoms with E-state index in [9.17, 15) is 76.7 Å². The predicted octanol–water partition coefficient (Wildman–Crippen LogP) is 2.83. The fraction of sp³-hybridized carbons (Fsp3) is 0.830. The number of methoxy groups -OCH3 is 18. The van der Waals surface area contributed by atoms with Crippen molar-refractivity contribution < 1.29 is 217 Å². The van der Waals surface area contributed by atoms with Crippen molar-refractivity contribution in [3.8, 4) is 0 Å². The second kappa shape index (κ2) is 110. The number of carbonyl (C=O) groups excluding carboxylic acids is 7. The quantitative estimate of drug-likeness (QED) is 0.0309. The summed E-state index contributed by atoms with van der Waals surface area (Å²) in [6.07, 6.45) is 7.17. The minimum atomic E-state index is -1.19. The summed E-state index contributed by atoms with van der Waals surface area (Å²) in [6, 6.07) is 0. The summed E-state index contributed by atoms with van der Waals surface area (Å²) in [5, 5.41) is 78.6. The number of hydrogen-bond donors (Lipinski definition) is 10. The van der Waals surface area contributed by atoms with Crippen molar-refractivity contribution in [1.29, 1.82) is 0 Å². The lowest BCUT2D eigenvalue weighted by molar-refractivity contribution is -0.167. The Bertz CT molecular complexity index is 3170. The molecule has 5 amide bonds. The van der Waals surface area contributed by atoms with Crippen LogP contribution in [0.2, 0.25) is 0 Å². The minimum absolute atomic E-state index is 0.0166. The van der Waals surface area contributed by atoms with Crippen molar-refractivity contribution in [3.05, 3.63) is 0 Å². The minimum Gasteiger partial charge on any atom is -0.481 e. The highest BCUT2D eigenvalue weighted by atomic mass is 16.6. The van der Waals surface area contributed by atoms with Crippen LogP contribution in [-0.2, 0) is 171 Å². The van der Waals surface area contributed by atoms with Gasteiger partial charge in [-0.25, -0.2) is 4.79 Å². The molecule has 52 heteroatoms. The molecule has 146 heavy (non-hydrogen) atoms. The maximum atomic E-state index is 12.0. The summed E-state index contributed by atoms with van der Waals surface area (Å²) in [7, 11) is 27.9. The number of unbranched alkanes of at least 4 members (excludes halogenated alkanes) is 5. The molecule has 0 unspecified atom stereocenters. The van der Waals surface area contributed by atoms with Gasteiger partial charge in [-0.1, -0.05) is 6.42 Å². The Labute approximate surface area is 861 Å². The Hall–Kier alpha value is -9.28. The first-order chi connectivity index (χ1) is 69.2. The Morgan fingerprint density at radius 2 is 0.452 bits per heavy atom. The first-order valence-electron chi connectivity index (χ1n) is 47.2. The molecule has 0 aromatic heterocycles. The molecule has 862 valence electrons. The number of carboxylic acids is 9. The zero-order chi connectivity index (χ0) is 113. The van der Waals surface area contributed by atoms with Crippen molar-refractivity contribution >= 4 is 95.2 Å². The zero-order valence-electron chi connectivity index (χ0n) is 90.6. The van der Waals surface area contributed by atoms with E-state index in [-0.39, 0.29) is 127 Å². The van der Waals surface area contributed by atoms with Gasteiger partial charge < -0.3 is 166 Å². The van der Waals surface area contributed by atoms with Crippen LogP contribution >= 0.6 is 0 Å².